The van der Waals surface area contributed by atoms with Crippen molar-refractivity contribution in [2.75, 3.05) is 38.2 Å². The fourth-order valence-electron chi connectivity index (χ4n) is 5.45. The molecule has 0 bridgehead atoms. The number of carbonyl (C=O) groups excluding carboxylic acids is 1. The Labute approximate surface area is 231 Å². The number of anilines is 1. The molecule has 1 aliphatic heterocycles. The molecule has 0 aromatic heterocycles. The van der Waals surface area contributed by atoms with Gasteiger partial charge in [0.1, 0.15) is 5.75 Å². The third-order valence-corrected chi connectivity index (χ3v) is 7.09. The molecule has 0 atom stereocenters. The lowest BCUT2D eigenvalue weighted by Crippen LogP contribution is -2.44. The van der Waals surface area contributed by atoms with E-state index in [0.29, 0.717) is 5.56 Å². The maximum atomic E-state index is 13.2. The highest BCUT2D eigenvalue weighted by Gasteiger charge is 2.28. The number of para-hydroxylation sites is 1. The number of piperazine rings is 1. The molecule has 0 radical (unpaired) electrons. The second-order valence-corrected chi connectivity index (χ2v) is 9.23. The molecule has 1 aliphatic rings. The summed E-state index contributed by atoms with van der Waals surface area (Å²) >= 11 is 0. The van der Waals surface area contributed by atoms with Gasteiger partial charge < -0.3 is 20.7 Å². The number of nitrogens with one attached hydrogen (secondary N) is 1. The van der Waals surface area contributed by atoms with Crippen LogP contribution in [0.4, 0.5) is 5.69 Å². The number of fused-ring (bicyclic) bond motifs is 2. The second-order valence-electron chi connectivity index (χ2n) is 9.23. The number of primary amides is 1. The van der Waals surface area contributed by atoms with Crippen LogP contribution in [0.3, 0.4) is 0 Å². The molecule has 37 heavy (non-hydrogen) atoms. The van der Waals surface area contributed by atoms with Gasteiger partial charge in [-0.1, -0.05) is 55.8 Å². The van der Waals surface area contributed by atoms with E-state index in [1.807, 2.05) is 18.2 Å². The molecule has 1 fully saturated rings. The lowest BCUT2D eigenvalue weighted by atomic mass is 9.84. The summed E-state index contributed by atoms with van der Waals surface area (Å²) in [6.07, 6.45) is 2.79. The molecule has 7 heteroatoms. The third-order valence-electron chi connectivity index (χ3n) is 7.09. The largest absolute Gasteiger partial charge is 0.496 e. The van der Waals surface area contributed by atoms with Crippen LogP contribution in [0.25, 0.3) is 32.7 Å². The maximum absolute atomic E-state index is 13.2. The van der Waals surface area contributed by atoms with Gasteiger partial charge in [0.05, 0.1) is 18.4 Å². The Kier molecular flexibility index (Phi) is 9.66. The van der Waals surface area contributed by atoms with Crippen LogP contribution in [0.15, 0.2) is 60.7 Å². The zero-order valence-corrected chi connectivity index (χ0v) is 23.0. The molecule has 3 N–H and O–H groups in total. The molecule has 5 rings (SSSR count). The van der Waals surface area contributed by atoms with Crippen molar-refractivity contribution in [3.05, 3.63) is 71.8 Å². The number of methoxy groups -OCH3 is 1. The molecule has 0 spiro atoms. The number of carbonyl (C=O) groups is 1. The van der Waals surface area contributed by atoms with E-state index in [1.54, 1.807) is 7.11 Å². The lowest BCUT2D eigenvalue weighted by Gasteiger charge is -2.34. The Bertz CT molecular complexity index is 1400. The van der Waals surface area contributed by atoms with Crippen molar-refractivity contribution in [1.82, 2.24) is 5.32 Å². The number of nitrogens with two attached hydrogens (primary N) is 1. The summed E-state index contributed by atoms with van der Waals surface area (Å²) in [6.45, 7) is 5.61. The van der Waals surface area contributed by atoms with Crippen LogP contribution in [0.2, 0.25) is 0 Å². The SMILES string of the molecule is CCCCc1c(C(N)=O)c(N2CCNCC2)c2cc3ccccc3cc2c1-c1ccccc1OC.Cl.Cl. The highest BCUT2D eigenvalue weighted by Crippen LogP contribution is 2.46. The minimum atomic E-state index is -0.365. The molecule has 0 aliphatic carbocycles. The number of benzene rings is 4. The monoisotopic (exact) mass is 539 g/mol. The van der Waals surface area contributed by atoms with E-state index in [2.05, 4.69) is 59.6 Å². The maximum Gasteiger partial charge on any atom is 0.251 e. The van der Waals surface area contributed by atoms with Gasteiger partial charge in [-0.05, 0) is 58.3 Å². The summed E-state index contributed by atoms with van der Waals surface area (Å²) in [5.74, 6) is 0.431. The first-order valence-electron chi connectivity index (χ1n) is 12.5. The quantitative estimate of drug-likeness (QED) is 0.268. The number of unbranched alkanes of at least 4 members (excludes halogenated alkanes) is 1. The first-order valence-corrected chi connectivity index (χ1v) is 12.5. The van der Waals surface area contributed by atoms with Crippen molar-refractivity contribution in [3.63, 3.8) is 0 Å². The second kappa shape index (κ2) is 12.5. The first-order chi connectivity index (χ1) is 17.1. The van der Waals surface area contributed by atoms with Gasteiger partial charge in [0.15, 0.2) is 0 Å². The van der Waals surface area contributed by atoms with Gasteiger partial charge in [-0.25, -0.2) is 0 Å². The van der Waals surface area contributed by atoms with Gasteiger partial charge in [0.2, 0.25) is 0 Å². The van der Waals surface area contributed by atoms with Crippen molar-refractivity contribution < 1.29 is 9.53 Å². The standard InChI is InChI=1S/C30H33N3O2.2ClH/c1-3-4-11-23-27(22-12-7-8-13-26(22)35-2)24-18-20-9-5-6-10-21(20)19-25(24)29(28(23)30(31)34)33-16-14-32-15-17-33;;/h5-10,12-13,18-19,32H,3-4,11,14-17H2,1-2H3,(H2,31,34);2*1H. The number of amides is 1. The molecule has 0 saturated carbocycles. The fraction of sp³-hybridized carbons (Fsp3) is 0.300. The zero-order valence-electron chi connectivity index (χ0n) is 21.4. The van der Waals surface area contributed by atoms with Crippen molar-refractivity contribution in [2.45, 2.75) is 26.2 Å². The summed E-state index contributed by atoms with van der Waals surface area (Å²) in [4.78, 5) is 15.6. The van der Waals surface area contributed by atoms with Gasteiger partial charge in [-0.3, -0.25) is 4.79 Å². The summed E-state index contributed by atoms with van der Waals surface area (Å²) in [6, 6.07) is 21.0. The highest BCUT2D eigenvalue weighted by atomic mass is 35.5. The van der Waals surface area contributed by atoms with Gasteiger partial charge >= 0.3 is 0 Å². The van der Waals surface area contributed by atoms with Crippen LogP contribution in [-0.4, -0.2) is 39.2 Å². The smallest absolute Gasteiger partial charge is 0.251 e. The summed E-state index contributed by atoms with van der Waals surface area (Å²) in [5, 5.41) is 7.97. The van der Waals surface area contributed by atoms with Crippen molar-refractivity contribution in [1.29, 1.82) is 0 Å². The molecule has 4 aromatic rings. The summed E-state index contributed by atoms with van der Waals surface area (Å²) in [5.41, 5.74) is 10.9. The number of rotatable bonds is 7. The van der Waals surface area contributed by atoms with Crippen LogP contribution in [0.1, 0.15) is 35.7 Å². The number of ether oxygens (including phenoxy) is 1. The predicted molar refractivity (Wildman–Crippen MR) is 160 cm³/mol. The van der Waals surface area contributed by atoms with Gasteiger partial charge in [0, 0.05) is 37.1 Å². The molecular formula is C30H35Cl2N3O2. The summed E-state index contributed by atoms with van der Waals surface area (Å²) < 4.78 is 5.81. The third kappa shape index (κ3) is 5.35. The Morgan fingerprint density at radius 2 is 1.59 bits per heavy atom. The summed E-state index contributed by atoms with van der Waals surface area (Å²) in [7, 11) is 1.70. The first kappa shape index (κ1) is 28.6. The zero-order chi connectivity index (χ0) is 24.4. The van der Waals surface area contributed by atoms with Crippen LogP contribution in [0.5, 0.6) is 5.75 Å². The van der Waals surface area contributed by atoms with Crippen LogP contribution in [-0.2, 0) is 6.42 Å². The molecule has 1 saturated heterocycles. The molecule has 1 amide bonds. The number of nitrogens with zero attached hydrogens (tertiary/aromatic N) is 1. The van der Waals surface area contributed by atoms with E-state index in [9.17, 15) is 4.79 Å². The van der Waals surface area contributed by atoms with E-state index >= 15 is 0 Å². The number of hydrogen-bond donors (Lipinski definition) is 2. The van der Waals surface area contributed by atoms with Crippen molar-refractivity contribution in [2.24, 2.45) is 5.73 Å². The van der Waals surface area contributed by atoms with Gasteiger partial charge in [-0.15, -0.1) is 24.8 Å². The fourth-order valence-corrected chi connectivity index (χ4v) is 5.45. The van der Waals surface area contributed by atoms with Crippen LogP contribution >= 0.6 is 24.8 Å². The van der Waals surface area contributed by atoms with E-state index in [0.717, 1.165) is 89.7 Å². The minimum absolute atomic E-state index is 0. The van der Waals surface area contributed by atoms with E-state index < -0.39 is 0 Å². The van der Waals surface area contributed by atoms with Crippen LogP contribution in [0, 0.1) is 0 Å². The highest BCUT2D eigenvalue weighted by molar-refractivity contribution is 6.18. The average molecular weight is 541 g/mol. The Morgan fingerprint density at radius 1 is 0.973 bits per heavy atom. The lowest BCUT2D eigenvalue weighted by molar-refractivity contribution is 0.1000. The van der Waals surface area contributed by atoms with E-state index in [-0.39, 0.29) is 30.7 Å². The molecule has 0 unspecified atom stereocenters. The van der Waals surface area contributed by atoms with E-state index in [1.165, 1.54) is 5.39 Å². The Morgan fingerprint density at radius 3 is 2.22 bits per heavy atom. The Balaban J connectivity index is 0.00000190. The van der Waals surface area contributed by atoms with E-state index in [4.69, 9.17) is 10.5 Å². The molecule has 4 aromatic carbocycles. The van der Waals surface area contributed by atoms with Crippen molar-refractivity contribution in [3.8, 4) is 16.9 Å². The molecular weight excluding hydrogens is 505 g/mol. The van der Waals surface area contributed by atoms with Gasteiger partial charge in [0.25, 0.3) is 5.91 Å². The average Bonchev–Trinajstić information content (AvgIpc) is 2.90. The normalized spacial score (nSPS) is 13.2. The Hall–Kier alpha value is -2.99. The molecule has 196 valence electrons. The topological polar surface area (TPSA) is 67.6 Å². The molecule has 5 nitrogen and oxygen atoms in total. The van der Waals surface area contributed by atoms with Crippen molar-refractivity contribution >= 4 is 58.0 Å². The molecule has 1 heterocycles. The van der Waals surface area contributed by atoms with Gasteiger partial charge in [-0.2, -0.15) is 0 Å². The number of hydrogen-bond acceptors (Lipinski definition) is 4. The predicted octanol–water partition coefficient (Wildman–Crippen LogP) is 6.36. The minimum Gasteiger partial charge on any atom is -0.496 e. The number of halogens is 2. The van der Waals surface area contributed by atoms with Crippen LogP contribution < -0.4 is 20.7 Å².